The summed E-state index contributed by atoms with van der Waals surface area (Å²) in [4.78, 5) is 0. The van der Waals surface area contributed by atoms with Crippen LogP contribution in [0.1, 0.15) is 48.2 Å². The van der Waals surface area contributed by atoms with Crippen LogP contribution in [-0.4, -0.2) is 0 Å². The van der Waals surface area contributed by atoms with Gasteiger partial charge in [0.15, 0.2) is 0 Å². The van der Waals surface area contributed by atoms with E-state index in [0.29, 0.717) is 5.56 Å². The maximum absolute atomic E-state index is 13.6. The van der Waals surface area contributed by atoms with Gasteiger partial charge >= 0.3 is 0 Å². The van der Waals surface area contributed by atoms with Crippen molar-refractivity contribution in [3.63, 3.8) is 0 Å². The second-order valence-electron chi connectivity index (χ2n) is 5.48. The number of rotatable bonds is 4. The van der Waals surface area contributed by atoms with E-state index >= 15 is 0 Å². The van der Waals surface area contributed by atoms with E-state index in [1.807, 2.05) is 18.2 Å². The van der Waals surface area contributed by atoms with Crippen molar-refractivity contribution in [1.29, 1.82) is 0 Å². The van der Waals surface area contributed by atoms with E-state index in [4.69, 9.17) is 0 Å². The third-order valence-corrected chi connectivity index (χ3v) is 3.85. The first-order valence-electron chi connectivity index (χ1n) is 7.06. The molecule has 0 spiro atoms. The van der Waals surface area contributed by atoms with Gasteiger partial charge in [0.25, 0.3) is 0 Å². The number of nitrogens with one attached hydrogen (secondary N) is 1. The summed E-state index contributed by atoms with van der Waals surface area (Å²) in [5.41, 5.74) is 4.23. The molecule has 1 unspecified atom stereocenters. The third-order valence-electron chi connectivity index (χ3n) is 3.85. The van der Waals surface area contributed by atoms with E-state index < -0.39 is 0 Å². The first-order valence-corrected chi connectivity index (χ1v) is 7.06. The van der Waals surface area contributed by atoms with E-state index in [-0.39, 0.29) is 17.9 Å². The molecule has 0 aromatic heterocycles. The molecule has 0 aliphatic carbocycles. The fourth-order valence-electron chi connectivity index (χ4n) is 2.51. The Kier molecular flexibility index (Phi) is 4.56. The first kappa shape index (κ1) is 14.7. The Morgan fingerprint density at radius 3 is 2.25 bits per heavy atom. The molecule has 0 bridgehead atoms. The van der Waals surface area contributed by atoms with Crippen molar-refractivity contribution in [3.05, 3.63) is 70.5 Å². The van der Waals surface area contributed by atoms with E-state index in [9.17, 15) is 4.39 Å². The van der Waals surface area contributed by atoms with Crippen LogP contribution < -0.4 is 5.32 Å². The van der Waals surface area contributed by atoms with Gasteiger partial charge in [-0.1, -0.05) is 36.4 Å². The molecule has 0 saturated carbocycles. The highest BCUT2D eigenvalue weighted by molar-refractivity contribution is 5.29. The second-order valence-corrected chi connectivity index (χ2v) is 5.48. The molecular weight excluding hydrogens is 249 g/mol. The molecule has 2 atom stereocenters. The van der Waals surface area contributed by atoms with E-state index in [0.717, 1.165) is 5.56 Å². The maximum atomic E-state index is 13.6. The summed E-state index contributed by atoms with van der Waals surface area (Å²) in [5.74, 6) is -0.139. The Labute approximate surface area is 120 Å². The number of halogens is 1. The molecule has 1 N–H and O–H groups in total. The highest BCUT2D eigenvalue weighted by Gasteiger charge is 2.13. The zero-order valence-corrected chi connectivity index (χ0v) is 12.6. The summed E-state index contributed by atoms with van der Waals surface area (Å²) in [7, 11) is 0. The van der Waals surface area contributed by atoms with Gasteiger partial charge in [-0.3, -0.25) is 0 Å². The predicted octanol–water partition coefficient (Wildman–Crippen LogP) is 4.85. The SMILES string of the molecule is Cc1ccc(C(C)N[C@H](C)c2ccccc2C)cc1F. The monoisotopic (exact) mass is 271 g/mol. The van der Waals surface area contributed by atoms with Crippen molar-refractivity contribution >= 4 is 0 Å². The number of aryl methyl sites for hydroxylation is 2. The van der Waals surface area contributed by atoms with Gasteiger partial charge in [0.05, 0.1) is 0 Å². The molecule has 106 valence electrons. The lowest BCUT2D eigenvalue weighted by Crippen LogP contribution is -2.23. The zero-order valence-electron chi connectivity index (χ0n) is 12.6. The largest absolute Gasteiger partial charge is 0.304 e. The van der Waals surface area contributed by atoms with Crippen LogP contribution in [0, 0.1) is 19.7 Å². The van der Waals surface area contributed by atoms with Gasteiger partial charge in [-0.2, -0.15) is 0 Å². The lowest BCUT2D eigenvalue weighted by molar-refractivity contribution is 0.490. The third kappa shape index (κ3) is 3.26. The second kappa shape index (κ2) is 6.19. The van der Waals surface area contributed by atoms with Crippen LogP contribution in [-0.2, 0) is 0 Å². The smallest absolute Gasteiger partial charge is 0.126 e. The van der Waals surface area contributed by atoms with Crippen LogP contribution in [0.2, 0.25) is 0 Å². The fourth-order valence-corrected chi connectivity index (χ4v) is 2.51. The molecule has 0 aliphatic heterocycles. The molecule has 2 heteroatoms. The summed E-state index contributed by atoms with van der Waals surface area (Å²) in [6, 6.07) is 14.1. The number of hydrogen-bond donors (Lipinski definition) is 1. The Hall–Kier alpha value is -1.67. The lowest BCUT2D eigenvalue weighted by Gasteiger charge is -2.22. The minimum atomic E-state index is -0.139. The minimum Gasteiger partial charge on any atom is -0.304 e. The van der Waals surface area contributed by atoms with E-state index in [1.165, 1.54) is 11.1 Å². The average Bonchev–Trinajstić information content (AvgIpc) is 2.42. The number of benzene rings is 2. The summed E-state index contributed by atoms with van der Waals surface area (Å²) in [6.07, 6.45) is 0. The minimum absolute atomic E-state index is 0.111. The van der Waals surface area contributed by atoms with Crippen molar-refractivity contribution in [2.75, 3.05) is 0 Å². The molecule has 2 aromatic rings. The lowest BCUT2D eigenvalue weighted by atomic mass is 10.00. The van der Waals surface area contributed by atoms with Crippen LogP contribution >= 0.6 is 0 Å². The van der Waals surface area contributed by atoms with Gasteiger partial charge in [0.2, 0.25) is 0 Å². The Balaban J connectivity index is 2.13. The van der Waals surface area contributed by atoms with Crippen LogP contribution in [0.5, 0.6) is 0 Å². The van der Waals surface area contributed by atoms with Crippen molar-refractivity contribution in [2.45, 2.75) is 39.8 Å². The van der Waals surface area contributed by atoms with E-state index in [1.54, 1.807) is 13.0 Å². The van der Waals surface area contributed by atoms with Gasteiger partial charge in [0.1, 0.15) is 5.82 Å². The van der Waals surface area contributed by atoms with Gasteiger partial charge in [0, 0.05) is 12.1 Å². The number of hydrogen-bond acceptors (Lipinski definition) is 1. The molecule has 2 rings (SSSR count). The quantitative estimate of drug-likeness (QED) is 0.837. The summed E-state index contributed by atoms with van der Waals surface area (Å²) in [5, 5.41) is 3.53. The van der Waals surface area contributed by atoms with E-state index in [2.05, 4.69) is 44.3 Å². The highest BCUT2D eigenvalue weighted by atomic mass is 19.1. The molecule has 0 radical (unpaired) electrons. The molecule has 20 heavy (non-hydrogen) atoms. The van der Waals surface area contributed by atoms with Crippen LogP contribution in [0.25, 0.3) is 0 Å². The van der Waals surface area contributed by atoms with Gasteiger partial charge in [-0.25, -0.2) is 4.39 Å². The topological polar surface area (TPSA) is 12.0 Å². The molecule has 0 aliphatic rings. The molecule has 2 aromatic carbocycles. The predicted molar refractivity (Wildman–Crippen MR) is 82.3 cm³/mol. The molecule has 1 nitrogen and oxygen atoms in total. The normalized spacial score (nSPS) is 14.1. The van der Waals surface area contributed by atoms with Crippen molar-refractivity contribution in [3.8, 4) is 0 Å². The molecule has 0 fully saturated rings. The zero-order chi connectivity index (χ0) is 14.7. The molecule has 0 heterocycles. The van der Waals surface area contributed by atoms with Gasteiger partial charge < -0.3 is 5.32 Å². The molecular formula is C18H22FN. The molecule has 0 amide bonds. The first-order chi connectivity index (χ1) is 9.49. The summed E-state index contributed by atoms with van der Waals surface area (Å²) >= 11 is 0. The fraction of sp³-hybridized carbons (Fsp3) is 0.333. The maximum Gasteiger partial charge on any atom is 0.126 e. The standard InChI is InChI=1S/C18H22FN/c1-12-7-5-6-8-17(12)15(4)20-14(3)16-10-9-13(2)18(19)11-16/h5-11,14-15,20H,1-4H3/t14?,15-/m1/s1. The highest BCUT2D eigenvalue weighted by Crippen LogP contribution is 2.22. The summed E-state index contributed by atoms with van der Waals surface area (Å²) in [6.45, 7) is 8.11. The molecule has 0 saturated heterocycles. The van der Waals surface area contributed by atoms with Gasteiger partial charge in [-0.15, -0.1) is 0 Å². The Morgan fingerprint density at radius 1 is 0.900 bits per heavy atom. The Morgan fingerprint density at radius 2 is 1.60 bits per heavy atom. The van der Waals surface area contributed by atoms with Crippen LogP contribution in [0.15, 0.2) is 42.5 Å². The van der Waals surface area contributed by atoms with Crippen LogP contribution in [0.3, 0.4) is 0 Å². The van der Waals surface area contributed by atoms with Crippen LogP contribution in [0.4, 0.5) is 4.39 Å². The van der Waals surface area contributed by atoms with Crippen molar-refractivity contribution < 1.29 is 4.39 Å². The summed E-state index contributed by atoms with van der Waals surface area (Å²) < 4.78 is 13.6. The van der Waals surface area contributed by atoms with Crippen molar-refractivity contribution in [2.24, 2.45) is 0 Å². The van der Waals surface area contributed by atoms with Crippen molar-refractivity contribution in [1.82, 2.24) is 5.32 Å². The van der Waals surface area contributed by atoms with Gasteiger partial charge in [-0.05, 0) is 56.0 Å². The Bertz CT molecular complexity index is 592. The average molecular weight is 271 g/mol.